The second kappa shape index (κ2) is 6.18. The summed E-state index contributed by atoms with van der Waals surface area (Å²) in [5, 5.41) is 0. The molecule has 1 aromatic rings. The molecule has 0 aliphatic carbocycles. The largest absolute Gasteiger partial charge is 0.323 e. The average molecular weight is 234 g/mol. The SMILES string of the molecule is Cc1ccc(C(N)CN(C)CC(C)C)c(C)c1. The van der Waals surface area contributed by atoms with Crippen LogP contribution in [0, 0.1) is 19.8 Å². The van der Waals surface area contributed by atoms with Crippen LogP contribution in [0.15, 0.2) is 18.2 Å². The molecular formula is C15H26N2. The molecule has 17 heavy (non-hydrogen) atoms. The highest BCUT2D eigenvalue weighted by molar-refractivity contribution is 5.32. The minimum absolute atomic E-state index is 0.111. The lowest BCUT2D eigenvalue weighted by Gasteiger charge is -2.24. The van der Waals surface area contributed by atoms with Crippen LogP contribution in [0.25, 0.3) is 0 Å². The molecule has 0 fully saturated rings. The normalized spacial score (nSPS) is 13.4. The molecule has 0 aromatic heterocycles. The number of aryl methyl sites for hydroxylation is 2. The van der Waals surface area contributed by atoms with Gasteiger partial charge in [0.2, 0.25) is 0 Å². The smallest absolute Gasteiger partial charge is 0.0426 e. The third-order valence-electron chi connectivity index (χ3n) is 3.01. The summed E-state index contributed by atoms with van der Waals surface area (Å²) >= 11 is 0. The van der Waals surface area contributed by atoms with E-state index in [0.29, 0.717) is 5.92 Å². The quantitative estimate of drug-likeness (QED) is 0.849. The van der Waals surface area contributed by atoms with Crippen LogP contribution in [0.5, 0.6) is 0 Å². The highest BCUT2D eigenvalue weighted by Crippen LogP contribution is 2.18. The van der Waals surface area contributed by atoms with E-state index in [4.69, 9.17) is 5.73 Å². The Balaban J connectivity index is 2.66. The van der Waals surface area contributed by atoms with E-state index in [1.54, 1.807) is 0 Å². The molecule has 0 saturated heterocycles. The number of benzene rings is 1. The Bertz CT molecular complexity index is 358. The molecule has 0 amide bonds. The van der Waals surface area contributed by atoms with Gasteiger partial charge in [-0.1, -0.05) is 37.6 Å². The Morgan fingerprint density at radius 1 is 1.18 bits per heavy atom. The molecule has 1 rings (SSSR count). The van der Waals surface area contributed by atoms with Gasteiger partial charge in [0.05, 0.1) is 0 Å². The van der Waals surface area contributed by atoms with Crippen molar-refractivity contribution in [2.45, 2.75) is 33.7 Å². The van der Waals surface area contributed by atoms with Crippen LogP contribution in [0.4, 0.5) is 0 Å². The van der Waals surface area contributed by atoms with Gasteiger partial charge in [-0.15, -0.1) is 0 Å². The Kier molecular flexibility index (Phi) is 5.16. The fourth-order valence-electron chi connectivity index (χ4n) is 2.37. The van der Waals surface area contributed by atoms with Gasteiger partial charge in [-0.3, -0.25) is 0 Å². The Labute approximate surface area is 106 Å². The van der Waals surface area contributed by atoms with E-state index in [-0.39, 0.29) is 6.04 Å². The molecule has 0 bridgehead atoms. The van der Waals surface area contributed by atoms with Crippen molar-refractivity contribution >= 4 is 0 Å². The van der Waals surface area contributed by atoms with Crippen molar-refractivity contribution in [3.05, 3.63) is 34.9 Å². The van der Waals surface area contributed by atoms with E-state index in [0.717, 1.165) is 13.1 Å². The Morgan fingerprint density at radius 2 is 1.82 bits per heavy atom. The van der Waals surface area contributed by atoms with Gasteiger partial charge in [0, 0.05) is 19.1 Å². The van der Waals surface area contributed by atoms with Gasteiger partial charge >= 0.3 is 0 Å². The summed E-state index contributed by atoms with van der Waals surface area (Å²) in [6.45, 7) is 10.7. The predicted molar refractivity (Wildman–Crippen MR) is 75.2 cm³/mol. The van der Waals surface area contributed by atoms with Gasteiger partial charge in [0.25, 0.3) is 0 Å². The highest BCUT2D eigenvalue weighted by atomic mass is 15.1. The van der Waals surface area contributed by atoms with E-state index in [9.17, 15) is 0 Å². The van der Waals surface area contributed by atoms with E-state index < -0.39 is 0 Å². The third-order valence-corrected chi connectivity index (χ3v) is 3.01. The first-order chi connectivity index (χ1) is 7.90. The van der Waals surface area contributed by atoms with Gasteiger partial charge < -0.3 is 10.6 Å². The van der Waals surface area contributed by atoms with Crippen molar-refractivity contribution in [2.75, 3.05) is 20.1 Å². The van der Waals surface area contributed by atoms with Crippen molar-refractivity contribution in [3.63, 3.8) is 0 Å². The maximum Gasteiger partial charge on any atom is 0.0426 e. The summed E-state index contributed by atoms with van der Waals surface area (Å²) in [5.41, 5.74) is 10.2. The molecule has 2 heteroatoms. The number of likely N-dealkylation sites (N-methyl/N-ethyl adjacent to an activating group) is 1. The Morgan fingerprint density at radius 3 is 2.35 bits per heavy atom. The van der Waals surface area contributed by atoms with Gasteiger partial charge in [0.15, 0.2) is 0 Å². The molecule has 2 nitrogen and oxygen atoms in total. The van der Waals surface area contributed by atoms with Crippen molar-refractivity contribution in [3.8, 4) is 0 Å². The summed E-state index contributed by atoms with van der Waals surface area (Å²) in [6, 6.07) is 6.63. The summed E-state index contributed by atoms with van der Waals surface area (Å²) < 4.78 is 0. The molecule has 2 N–H and O–H groups in total. The maximum atomic E-state index is 6.28. The van der Waals surface area contributed by atoms with Crippen LogP contribution in [0.1, 0.15) is 36.6 Å². The van der Waals surface area contributed by atoms with E-state index >= 15 is 0 Å². The van der Waals surface area contributed by atoms with Gasteiger partial charge in [-0.25, -0.2) is 0 Å². The first-order valence-corrected chi connectivity index (χ1v) is 6.41. The first kappa shape index (κ1) is 14.2. The molecule has 0 heterocycles. The van der Waals surface area contributed by atoms with Gasteiger partial charge in [0.1, 0.15) is 0 Å². The van der Waals surface area contributed by atoms with Crippen molar-refractivity contribution in [1.29, 1.82) is 0 Å². The fourth-order valence-corrected chi connectivity index (χ4v) is 2.37. The summed E-state index contributed by atoms with van der Waals surface area (Å²) in [7, 11) is 2.14. The number of nitrogens with zero attached hydrogens (tertiary/aromatic N) is 1. The van der Waals surface area contributed by atoms with Crippen molar-refractivity contribution in [2.24, 2.45) is 11.7 Å². The molecule has 1 unspecified atom stereocenters. The summed E-state index contributed by atoms with van der Waals surface area (Å²) in [5.74, 6) is 0.686. The molecule has 0 aliphatic heterocycles. The zero-order valence-electron chi connectivity index (χ0n) is 11.8. The Hall–Kier alpha value is -0.860. The highest BCUT2D eigenvalue weighted by Gasteiger charge is 2.12. The molecule has 0 aliphatic rings. The van der Waals surface area contributed by atoms with Crippen LogP contribution in [-0.4, -0.2) is 25.0 Å². The minimum atomic E-state index is 0.111. The van der Waals surface area contributed by atoms with Crippen LogP contribution in [-0.2, 0) is 0 Å². The topological polar surface area (TPSA) is 29.3 Å². The predicted octanol–water partition coefficient (Wildman–Crippen LogP) is 2.89. The summed E-state index contributed by atoms with van der Waals surface area (Å²) in [6.07, 6.45) is 0. The number of rotatable bonds is 5. The second-order valence-electron chi connectivity index (χ2n) is 5.58. The van der Waals surface area contributed by atoms with E-state index in [1.165, 1.54) is 16.7 Å². The van der Waals surface area contributed by atoms with Crippen LogP contribution >= 0.6 is 0 Å². The van der Waals surface area contributed by atoms with Gasteiger partial charge in [-0.2, -0.15) is 0 Å². The summed E-state index contributed by atoms with van der Waals surface area (Å²) in [4.78, 5) is 2.31. The van der Waals surface area contributed by atoms with Crippen molar-refractivity contribution in [1.82, 2.24) is 4.90 Å². The second-order valence-corrected chi connectivity index (χ2v) is 5.58. The molecule has 96 valence electrons. The van der Waals surface area contributed by atoms with Crippen LogP contribution in [0.3, 0.4) is 0 Å². The monoisotopic (exact) mass is 234 g/mol. The first-order valence-electron chi connectivity index (χ1n) is 6.41. The molecule has 1 aromatic carbocycles. The van der Waals surface area contributed by atoms with E-state index in [1.807, 2.05) is 0 Å². The lowest BCUT2D eigenvalue weighted by molar-refractivity contribution is 0.279. The number of nitrogens with two attached hydrogens (primary N) is 1. The van der Waals surface area contributed by atoms with E-state index in [2.05, 4.69) is 57.8 Å². The third kappa shape index (κ3) is 4.49. The molecule has 1 atom stereocenters. The minimum Gasteiger partial charge on any atom is -0.323 e. The van der Waals surface area contributed by atoms with Crippen molar-refractivity contribution < 1.29 is 0 Å². The number of hydrogen-bond acceptors (Lipinski definition) is 2. The zero-order chi connectivity index (χ0) is 13.0. The van der Waals surface area contributed by atoms with Gasteiger partial charge in [-0.05, 0) is 37.9 Å². The molecule has 0 spiro atoms. The maximum absolute atomic E-state index is 6.28. The van der Waals surface area contributed by atoms with Crippen LogP contribution < -0.4 is 5.73 Å². The number of hydrogen-bond donors (Lipinski definition) is 1. The lowest BCUT2D eigenvalue weighted by atomic mass is 9.99. The lowest BCUT2D eigenvalue weighted by Crippen LogP contribution is -2.32. The average Bonchev–Trinajstić information content (AvgIpc) is 2.15. The van der Waals surface area contributed by atoms with Crippen LogP contribution in [0.2, 0.25) is 0 Å². The zero-order valence-corrected chi connectivity index (χ0v) is 11.8. The molecule has 0 saturated carbocycles. The standard InChI is InChI=1S/C15H26N2/c1-11(2)9-17(5)10-15(16)14-7-6-12(3)8-13(14)4/h6-8,11,15H,9-10,16H2,1-5H3. The molecular weight excluding hydrogens is 208 g/mol. The fraction of sp³-hybridized carbons (Fsp3) is 0.600. The molecule has 0 radical (unpaired) electrons.